The van der Waals surface area contributed by atoms with Crippen LogP contribution in [0.25, 0.3) is 0 Å². The molecule has 0 bridgehead atoms. The Balaban J connectivity index is 3.65. The van der Waals surface area contributed by atoms with Crippen molar-refractivity contribution in [3.63, 3.8) is 0 Å². The average Bonchev–Trinajstić information content (AvgIpc) is 2.78. The van der Waals surface area contributed by atoms with Crippen LogP contribution in [0.3, 0.4) is 0 Å². The van der Waals surface area contributed by atoms with Gasteiger partial charge in [-0.2, -0.15) is 0 Å². The number of carbonyl (C=O) groups excluding carboxylic acids is 2. The van der Waals surface area contributed by atoms with Crippen LogP contribution in [0.5, 0.6) is 0 Å². The molecule has 31 heavy (non-hydrogen) atoms. The van der Waals surface area contributed by atoms with Gasteiger partial charge in [0.15, 0.2) is 0 Å². The second-order valence-electron chi connectivity index (χ2n) is 10.2. The van der Waals surface area contributed by atoms with Crippen LogP contribution in [0, 0.1) is 17.8 Å². The molecular weight excluding hydrogens is 380 g/mol. The summed E-state index contributed by atoms with van der Waals surface area (Å²) in [5.41, 5.74) is 0. The smallest absolute Gasteiger partial charge is 0.123 e. The van der Waals surface area contributed by atoms with E-state index in [1.54, 1.807) is 0 Å². The van der Waals surface area contributed by atoms with Crippen LogP contribution in [0.15, 0.2) is 0 Å². The van der Waals surface area contributed by atoms with Gasteiger partial charge in [0.1, 0.15) is 12.6 Å². The SMILES string of the molecule is CCCCCCCCC(C=O)CCCCCCC(C)CC(C=O)CCCCCCCC. The lowest BCUT2D eigenvalue weighted by Crippen LogP contribution is -2.08. The van der Waals surface area contributed by atoms with Crippen molar-refractivity contribution in [1.82, 2.24) is 0 Å². The molecular formula is C29H56O2. The van der Waals surface area contributed by atoms with Gasteiger partial charge in [-0.3, -0.25) is 0 Å². The van der Waals surface area contributed by atoms with Crippen LogP contribution in [0.2, 0.25) is 0 Å². The maximum atomic E-state index is 11.4. The summed E-state index contributed by atoms with van der Waals surface area (Å²) in [5.74, 6) is 1.22. The first-order valence-electron chi connectivity index (χ1n) is 14.1. The minimum atomic E-state index is 0.275. The lowest BCUT2D eigenvalue weighted by Gasteiger charge is -2.16. The van der Waals surface area contributed by atoms with Crippen LogP contribution >= 0.6 is 0 Å². The first-order chi connectivity index (χ1) is 15.2. The van der Waals surface area contributed by atoms with E-state index in [0.29, 0.717) is 11.8 Å². The first kappa shape index (κ1) is 30.3. The highest BCUT2D eigenvalue weighted by Gasteiger charge is 2.12. The van der Waals surface area contributed by atoms with Gasteiger partial charge in [0, 0.05) is 11.8 Å². The summed E-state index contributed by atoms with van der Waals surface area (Å²) in [6.07, 6.45) is 28.7. The molecule has 0 aliphatic carbocycles. The Bertz CT molecular complexity index is 379. The van der Waals surface area contributed by atoms with E-state index in [0.717, 1.165) is 25.7 Å². The fourth-order valence-electron chi connectivity index (χ4n) is 4.78. The van der Waals surface area contributed by atoms with Gasteiger partial charge in [0.2, 0.25) is 0 Å². The Kier molecular flexibility index (Phi) is 23.5. The zero-order valence-corrected chi connectivity index (χ0v) is 21.6. The molecule has 0 saturated heterocycles. The van der Waals surface area contributed by atoms with E-state index in [1.165, 1.54) is 122 Å². The summed E-state index contributed by atoms with van der Waals surface area (Å²) in [6.45, 7) is 6.83. The van der Waals surface area contributed by atoms with E-state index in [9.17, 15) is 9.59 Å². The van der Waals surface area contributed by atoms with Crippen LogP contribution < -0.4 is 0 Å². The average molecular weight is 437 g/mol. The van der Waals surface area contributed by atoms with Crippen molar-refractivity contribution < 1.29 is 9.59 Å². The lowest BCUT2D eigenvalue weighted by atomic mass is 9.89. The van der Waals surface area contributed by atoms with Crippen LogP contribution in [0.4, 0.5) is 0 Å². The highest BCUT2D eigenvalue weighted by atomic mass is 16.1. The molecule has 2 nitrogen and oxygen atoms in total. The van der Waals surface area contributed by atoms with Gasteiger partial charge < -0.3 is 9.59 Å². The Morgan fingerprint density at radius 2 is 0.839 bits per heavy atom. The molecule has 0 rings (SSSR count). The Morgan fingerprint density at radius 1 is 0.484 bits per heavy atom. The quantitative estimate of drug-likeness (QED) is 0.105. The topological polar surface area (TPSA) is 34.1 Å². The fraction of sp³-hybridized carbons (Fsp3) is 0.931. The molecule has 0 aliphatic rings. The lowest BCUT2D eigenvalue weighted by molar-refractivity contribution is -0.112. The van der Waals surface area contributed by atoms with E-state index in [4.69, 9.17) is 0 Å². The molecule has 2 heteroatoms. The van der Waals surface area contributed by atoms with Gasteiger partial charge in [-0.15, -0.1) is 0 Å². The molecule has 0 spiro atoms. The molecule has 0 amide bonds. The molecule has 0 heterocycles. The molecule has 0 saturated carbocycles. The number of carbonyl (C=O) groups is 2. The molecule has 0 aromatic heterocycles. The van der Waals surface area contributed by atoms with Crippen molar-refractivity contribution in [3.05, 3.63) is 0 Å². The largest absolute Gasteiger partial charge is 0.303 e. The minimum Gasteiger partial charge on any atom is -0.303 e. The van der Waals surface area contributed by atoms with Gasteiger partial charge in [-0.1, -0.05) is 130 Å². The number of aldehydes is 2. The van der Waals surface area contributed by atoms with Gasteiger partial charge >= 0.3 is 0 Å². The Labute approximate surface area is 195 Å². The summed E-state index contributed by atoms with van der Waals surface area (Å²) >= 11 is 0. The molecule has 0 aromatic rings. The van der Waals surface area contributed by atoms with Crippen molar-refractivity contribution >= 4 is 12.6 Å². The minimum absolute atomic E-state index is 0.275. The first-order valence-corrected chi connectivity index (χ1v) is 14.1. The fourth-order valence-corrected chi connectivity index (χ4v) is 4.78. The zero-order chi connectivity index (χ0) is 23.0. The van der Waals surface area contributed by atoms with E-state index in [1.807, 2.05) is 0 Å². The maximum absolute atomic E-state index is 11.4. The van der Waals surface area contributed by atoms with E-state index < -0.39 is 0 Å². The summed E-state index contributed by atoms with van der Waals surface area (Å²) in [7, 11) is 0. The number of hydrogen-bond donors (Lipinski definition) is 0. The molecule has 3 unspecified atom stereocenters. The van der Waals surface area contributed by atoms with Crippen molar-refractivity contribution in [3.8, 4) is 0 Å². The van der Waals surface area contributed by atoms with E-state index in [2.05, 4.69) is 20.8 Å². The van der Waals surface area contributed by atoms with Crippen molar-refractivity contribution in [2.75, 3.05) is 0 Å². The standard InChI is InChI=1S/C29H56O2/c1-4-6-8-10-12-17-21-28(25-30)22-18-15-14-16-20-27(3)24-29(26-31)23-19-13-11-9-7-5-2/h25-29H,4-24H2,1-3H3. The number of unbranched alkanes of at least 4 members (excludes halogenated alkanes) is 13. The highest BCUT2D eigenvalue weighted by molar-refractivity contribution is 5.53. The molecule has 0 radical (unpaired) electrons. The van der Waals surface area contributed by atoms with Crippen molar-refractivity contribution in [2.45, 2.75) is 156 Å². The summed E-state index contributed by atoms with van der Waals surface area (Å²) < 4.78 is 0. The summed E-state index contributed by atoms with van der Waals surface area (Å²) in [4.78, 5) is 22.8. The molecule has 0 N–H and O–H groups in total. The molecule has 0 aromatic carbocycles. The van der Waals surface area contributed by atoms with Gasteiger partial charge in [-0.25, -0.2) is 0 Å². The normalized spacial score (nSPS) is 14.3. The van der Waals surface area contributed by atoms with Gasteiger partial charge in [0.25, 0.3) is 0 Å². The third kappa shape index (κ3) is 21.0. The van der Waals surface area contributed by atoms with Gasteiger partial charge in [-0.05, 0) is 31.6 Å². The van der Waals surface area contributed by atoms with Crippen LogP contribution in [0.1, 0.15) is 156 Å². The van der Waals surface area contributed by atoms with E-state index >= 15 is 0 Å². The molecule has 3 atom stereocenters. The summed E-state index contributed by atoms with van der Waals surface area (Å²) in [6, 6.07) is 0. The predicted molar refractivity (Wildman–Crippen MR) is 137 cm³/mol. The van der Waals surface area contributed by atoms with E-state index in [-0.39, 0.29) is 5.92 Å². The second-order valence-corrected chi connectivity index (χ2v) is 10.2. The monoisotopic (exact) mass is 436 g/mol. The highest BCUT2D eigenvalue weighted by Crippen LogP contribution is 2.23. The van der Waals surface area contributed by atoms with Crippen molar-refractivity contribution in [2.24, 2.45) is 17.8 Å². The maximum Gasteiger partial charge on any atom is 0.123 e. The number of rotatable bonds is 25. The summed E-state index contributed by atoms with van der Waals surface area (Å²) in [5, 5.41) is 0. The molecule has 0 aliphatic heterocycles. The Hall–Kier alpha value is -0.660. The number of hydrogen-bond acceptors (Lipinski definition) is 2. The predicted octanol–water partition coefficient (Wildman–Crippen LogP) is 9.48. The van der Waals surface area contributed by atoms with Crippen LogP contribution in [-0.4, -0.2) is 12.6 Å². The third-order valence-corrected chi connectivity index (χ3v) is 6.97. The van der Waals surface area contributed by atoms with Gasteiger partial charge in [0.05, 0.1) is 0 Å². The Morgan fingerprint density at radius 3 is 1.26 bits per heavy atom. The zero-order valence-electron chi connectivity index (χ0n) is 21.6. The third-order valence-electron chi connectivity index (χ3n) is 6.97. The molecule has 0 fully saturated rings. The second kappa shape index (κ2) is 24.0. The molecule has 184 valence electrons. The van der Waals surface area contributed by atoms with Crippen LogP contribution in [-0.2, 0) is 9.59 Å². The van der Waals surface area contributed by atoms with Crippen molar-refractivity contribution in [1.29, 1.82) is 0 Å².